The van der Waals surface area contributed by atoms with Gasteiger partial charge in [-0.2, -0.15) is 0 Å². The van der Waals surface area contributed by atoms with Crippen LogP contribution in [0.25, 0.3) is 0 Å². The molecule has 1 aliphatic rings. The molecular formula is C14H22N2O2. The summed E-state index contributed by atoms with van der Waals surface area (Å²) in [6, 6.07) is 5.86. The summed E-state index contributed by atoms with van der Waals surface area (Å²) in [5, 5.41) is 9.18. The number of nitrogen functional groups attached to an aromatic ring is 1. The minimum absolute atomic E-state index is 0.262. The van der Waals surface area contributed by atoms with Crippen LogP contribution in [0.4, 0.5) is 11.4 Å². The lowest BCUT2D eigenvalue weighted by Gasteiger charge is -2.20. The Balaban J connectivity index is 2.10. The number of anilines is 2. The Morgan fingerprint density at radius 2 is 2.28 bits per heavy atom. The van der Waals surface area contributed by atoms with Crippen LogP contribution in [0.5, 0.6) is 5.75 Å². The first-order chi connectivity index (χ1) is 8.72. The van der Waals surface area contributed by atoms with Gasteiger partial charge in [-0.3, -0.25) is 0 Å². The maximum Gasteiger partial charge on any atom is 0.123 e. The van der Waals surface area contributed by atoms with E-state index in [4.69, 9.17) is 10.5 Å². The van der Waals surface area contributed by atoms with Crippen molar-refractivity contribution < 1.29 is 9.84 Å². The molecule has 0 spiro atoms. The van der Waals surface area contributed by atoms with Crippen LogP contribution in [0.2, 0.25) is 0 Å². The molecule has 3 N–H and O–H groups in total. The second kappa shape index (κ2) is 5.96. The first kappa shape index (κ1) is 13.0. The van der Waals surface area contributed by atoms with Gasteiger partial charge in [-0.1, -0.05) is 6.92 Å². The maximum absolute atomic E-state index is 9.18. The lowest BCUT2D eigenvalue weighted by atomic mass is 10.1. The molecule has 1 unspecified atom stereocenters. The number of nitrogens with zero attached hydrogens (tertiary/aromatic N) is 1. The molecule has 0 aromatic heterocycles. The van der Waals surface area contributed by atoms with Gasteiger partial charge in [0.15, 0.2) is 0 Å². The standard InChI is InChI=1S/C14H22N2O2/c1-2-5-18-14-7-12(15)6-13(8-14)16-4-3-11(9-16)10-17/h6-8,11,17H,2-5,9-10,15H2,1H3. The van der Waals surface area contributed by atoms with Crippen molar-refractivity contribution in [2.24, 2.45) is 5.92 Å². The zero-order valence-electron chi connectivity index (χ0n) is 10.9. The van der Waals surface area contributed by atoms with E-state index in [1.807, 2.05) is 18.2 Å². The minimum atomic E-state index is 0.262. The molecule has 2 rings (SSSR count). The van der Waals surface area contributed by atoms with Crippen molar-refractivity contribution in [2.45, 2.75) is 19.8 Å². The SMILES string of the molecule is CCCOc1cc(N)cc(N2CCC(CO)C2)c1. The average molecular weight is 250 g/mol. The molecule has 4 nitrogen and oxygen atoms in total. The topological polar surface area (TPSA) is 58.7 Å². The van der Waals surface area contributed by atoms with Crippen molar-refractivity contribution in [3.05, 3.63) is 18.2 Å². The smallest absolute Gasteiger partial charge is 0.123 e. The summed E-state index contributed by atoms with van der Waals surface area (Å²) >= 11 is 0. The fraction of sp³-hybridized carbons (Fsp3) is 0.571. The molecule has 1 atom stereocenters. The Bertz CT molecular complexity index is 395. The Hall–Kier alpha value is -1.42. The van der Waals surface area contributed by atoms with Crippen LogP contribution < -0.4 is 15.4 Å². The third kappa shape index (κ3) is 3.07. The number of aliphatic hydroxyl groups excluding tert-OH is 1. The van der Waals surface area contributed by atoms with E-state index in [2.05, 4.69) is 11.8 Å². The zero-order chi connectivity index (χ0) is 13.0. The third-order valence-electron chi connectivity index (χ3n) is 3.30. The highest BCUT2D eigenvalue weighted by atomic mass is 16.5. The van der Waals surface area contributed by atoms with E-state index in [1.165, 1.54) is 0 Å². The van der Waals surface area contributed by atoms with Crippen LogP contribution in [0.15, 0.2) is 18.2 Å². The molecule has 0 radical (unpaired) electrons. The van der Waals surface area contributed by atoms with E-state index in [1.54, 1.807) is 0 Å². The van der Waals surface area contributed by atoms with Crippen LogP contribution in [-0.2, 0) is 0 Å². The first-order valence-corrected chi connectivity index (χ1v) is 6.62. The average Bonchev–Trinajstić information content (AvgIpc) is 2.84. The predicted molar refractivity (Wildman–Crippen MR) is 74.0 cm³/mol. The van der Waals surface area contributed by atoms with E-state index >= 15 is 0 Å². The molecule has 0 amide bonds. The summed E-state index contributed by atoms with van der Waals surface area (Å²) < 4.78 is 5.63. The second-order valence-corrected chi connectivity index (χ2v) is 4.89. The Kier molecular flexibility index (Phi) is 4.31. The van der Waals surface area contributed by atoms with Crippen LogP contribution in [0.3, 0.4) is 0 Å². The molecule has 1 aromatic carbocycles. The van der Waals surface area contributed by atoms with Gasteiger partial charge in [0.05, 0.1) is 6.61 Å². The number of hydrogen-bond acceptors (Lipinski definition) is 4. The number of benzene rings is 1. The van der Waals surface area contributed by atoms with Crippen LogP contribution in [0, 0.1) is 5.92 Å². The number of ether oxygens (including phenoxy) is 1. The Morgan fingerprint density at radius 3 is 2.94 bits per heavy atom. The van der Waals surface area contributed by atoms with Crippen LogP contribution in [-0.4, -0.2) is 31.4 Å². The van der Waals surface area contributed by atoms with Gasteiger partial charge in [0.2, 0.25) is 0 Å². The largest absolute Gasteiger partial charge is 0.493 e. The first-order valence-electron chi connectivity index (χ1n) is 6.62. The zero-order valence-corrected chi connectivity index (χ0v) is 10.9. The van der Waals surface area contributed by atoms with E-state index < -0.39 is 0 Å². The molecule has 1 saturated heterocycles. The molecule has 0 saturated carbocycles. The number of aliphatic hydroxyl groups is 1. The van der Waals surface area contributed by atoms with E-state index in [9.17, 15) is 5.11 Å². The van der Waals surface area contributed by atoms with Crippen molar-refractivity contribution in [3.8, 4) is 5.75 Å². The van der Waals surface area contributed by atoms with Gasteiger partial charge < -0.3 is 20.5 Å². The van der Waals surface area contributed by atoms with Gasteiger partial charge in [0.1, 0.15) is 5.75 Å². The second-order valence-electron chi connectivity index (χ2n) is 4.89. The molecule has 0 bridgehead atoms. The fourth-order valence-corrected chi connectivity index (χ4v) is 2.31. The van der Waals surface area contributed by atoms with Crippen LogP contribution >= 0.6 is 0 Å². The summed E-state index contributed by atoms with van der Waals surface area (Å²) in [5.41, 5.74) is 7.73. The van der Waals surface area contributed by atoms with Crippen molar-refractivity contribution in [3.63, 3.8) is 0 Å². The molecule has 1 fully saturated rings. The van der Waals surface area contributed by atoms with E-state index in [0.29, 0.717) is 12.5 Å². The molecular weight excluding hydrogens is 228 g/mol. The lowest BCUT2D eigenvalue weighted by molar-refractivity contribution is 0.238. The van der Waals surface area contributed by atoms with E-state index in [0.717, 1.165) is 43.1 Å². The van der Waals surface area contributed by atoms with Gasteiger partial charge in [0, 0.05) is 49.1 Å². The molecule has 1 aliphatic heterocycles. The summed E-state index contributed by atoms with van der Waals surface area (Å²) in [6.45, 7) is 4.93. The Morgan fingerprint density at radius 1 is 1.44 bits per heavy atom. The predicted octanol–water partition coefficient (Wildman–Crippen LogP) is 1.88. The monoisotopic (exact) mass is 250 g/mol. The molecule has 0 aliphatic carbocycles. The molecule has 1 aromatic rings. The van der Waals surface area contributed by atoms with Crippen molar-refractivity contribution in [2.75, 3.05) is 36.9 Å². The normalized spacial score (nSPS) is 19.2. The molecule has 18 heavy (non-hydrogen) atoms. The summed E-state index contributed by atoms with van der Waals surface area (Å²) in [7, 11) is 0. The van der Waals surface area contributed by atoms with Gasteiger partial charge in [-0.25, -0.2) is 0 Å². The van der Waals surface area contributed by atoms with Crippen LogP contribution in [0.1, 0.15) is 19.8 Å². The Labute approximate surface area is 108 Å². The number of nitrogens with two attached hydrogens (primary N) is 1. The van der Waals surface area contributed by atoms with Crippen molar-refractivity contribution in [1.82, 2.24) is 0 Å². The third-order valence-corrected chi connectivity index (χ3v) is 3.30. The highest BCUT2D eigenvalue weighted by Gasteiger charge is 2.22. The summed E-state index contributed by atoms with van der Waals surface area (Å²) in [4.78, 5) is 2.26. The van der Waals surface area contributed by atoms with Gasteiger partial charge in [-0.15, -0.1) is 0 Å². The molecule has 1 heterocycles. The summed E-state index contributed by atoms with van der Waals surface area (Å²) in [5.74, 6) is 1.21. The summed E-state index contributed by atoms with van der Waals surface area (Å²) in [6.07, 6.45) is 2.02. The van der Waals surface area contributed by atoms with Crippen molar-refractivity contribution in [1.29, 1.82) is 0 Å². The van der Waals surface area contributed by atoms with Gasteiger partial charge >= 0.3 is 0 Å². The van der Waals surface area contributed by atoms with Gasteiger partial charge in [-0.05, 0) is 18.9 Å². The number of hydrogen-bond donors (Lipinski definition) is 2. The number of rotatable bonds is 5. The lowest BCUT2D eigenvalue weighted by Crippen LogP contribution is -2.20. The minimum Gasteiger partial charge on any atom is -0.493 e. The van der Waals surface area contributed by atoms with Gasteiger partial charge in [0.25, 0.3) is 0 Å². The maximum atomic E-state index is 9.18. The van der Waals surface area contributed by atoms with Crippen molar-refractivity contribution >= 4 is 11.4 Å². The quantitative estimate of drug-likeness (QED) is 0.783. The highest BCUT2D eigenvalue weighted by molar-refractivity contribution is 5.61. The molecule has 100 valence electrons. The molecule has 4 heteroatoms. The highest BCUT2D eigenvalue weighted by Crippen LogP contribution is 2.29. The fourth-order valence-electron chi connectivity index (χ4n) is 2.31. The van der Waals surface area contributed by atoms with E-state index in [-0.39, 0.29) is 6.61 Å².